The van der Waals surface area contributed by atoms with Gasteiger partial charge in [0, 0.05) is 5.39 Å². The molecule has 35 heavy (non-hydrogen) atoms. The number of benzene rings is 2. The molecule has 0 spiro atoms. The quantitative estimate of drug-likeness (QED) is 0.154. The Balaban J connectivity index is 2.52. The van der Waals surface area contributed by atoms with Crippen LogP contribution in [-0.2, 0) is 29.4 Å². The summed E-state index contributed by atoms with van der Waals surface area (Å²) in [4.78, 5) is 0.182. The summed E-state index contributed by atoms with van der Waals surface area (Å²) in [7, 11) is -4.32. The van der Waals surface area contributed by atoms with Crippen LogP contribution in [0, 0.1) is 0 Å². The molecule has 2 aromatic rings. The molecule has 0 heterocycles. The third-order valence-electron chi connectivity index (χ3n) is 7.35. The lowest BCUT2D eigenvalue weighted by Gasteiger charge is -2.22. The fourth-order valence-corrected chi connectivity index (χ4v) is 6.44. The maximum Gasteiger partial charge on any atom is 0.295 e. The maximum absolute atomic E-state index is 12.8. The molecule has 0 aromatic heterocycles. The highest BCUT2D eigenvalue weighted by Crippen LogP contribution is 2.37. The molecule has 2 rings (SSSR count). The smallest absolute Gasteiger partial charge is 0.282 e. The zero-order valence-electron chi connectivity index (χ0n) is 22.7. The Bertz CT molecular complexity index is 978. The van der Waals surface area contributed by atoms with Gasteiger partial charge in [0.2, 0.25) is 0 Å². The van der Waals surface area contributed by atoms with Gasteiger partial charge in [0.15, 0.2) is 0 Å². The van der Waals surface area contributed by atoms with Crippen LogP contribution in [0.15, 0.2) is 29.2 Å². The van der Waals surface area contributed by atoms with Crippen molar-refractivity contribution in [3.63, 3.8) is 0 Å². The van der Waals surface area contributed by atoms with E-state index in [2.05, 4.69) is 26.8 Å². The minimum atomic E-state index is -4.32. The summed E-state index contributed by atoms with van der Waals surface area (Å²) in [6.45, 7) is 6.68. The second-order valence-corrected chi connectivity index (χ2v) is 11.6. The van der Waals surface area contributed by atoms with E-state index >= 15 is 0 Å². The first-order valence-electron chi connectivity index (χ1n) is 14.5. The molecule has 0 unspecified atom stereocenters. The first-order valence-corrected chi connectivity index (χ1v) is 15.9. The van der Waals surface area contributed by atoms with Crippen molar-refractivity contribution in [2.45, 2.75) is 141 Å². The minimum absolute atomic E-state index is 0.182. The van der Waals surface area contributed by atoms with Crippen molar-refractivity contribution in [2.24, 2.45) is 0 Å². The first kappa shape index (κ1) is 29.8. The number of unbranched alkanes of at least 4 members (excludes halogenated alkanes) is 12. The maximum atomic E-state index is 12.8. The monoisotopic (exact) mass is 502 g/mol. The lowest BCUT2D eigenvalue weighted by atomic mass is 9.86. The van der Waals surface area contributed by atoms with Crippen LogP contribution < -0.4 is 0 Å². The van der Waals surface area contributed by atoms with Crippen LogP contribution >= 0.6 is 0 Å². The molecule has 0 aliphatic heterocycles. The molecule has 0 fully saturated rings. The highest BCUT2D eigenvalue weighted by atomic mass is 32.2. The zero-order chi connectivity index (χ0) is 25.5. The van der Waals surface area contributed by atoms with Gasteiger partial charge in [0.25, 0.3) is 10.1 Å². The fraction of sp³-hybridized carbons (Fsp3) is 0.677. The van der Waals surface area contributed by atoms with Gasteiger partial charge in [-0.2, -0.15) is 8.42 Å². The summed E-state index contributed by atoms with van der Waals surface area (Å²) in [5, 5.41) is 1.73. The van der Waals surface area contributed by atoms with E-state index in [4.69, 9.17) is 0 Å². The van der Waals surface area contributed by atoms with E-state index in [9.17, 15) is 13.0 Å². The van der Waals surface area contributed by atoms with Crippen molar-refractivity contribution in [3.8, 4) is 0 Å². The summed E-state index contributed by atoms with van der Waals surface area (Å²) in [6, 6.07) is 7.87. The van der Waals surface area contributed by atoms with Crippen LogP contribution in [0.25, 0.3) is 10.8 Å². The Labute approximate surface area is 215 Å². The van der Waals surface area contributed by atoms with E-state index in [1.807, 2.05) is 18.2 Å². The summed E-state index contributed by atoms with van der Waals surface area (Å²) in [5.74, 6) is 0. The van der Waals surface area contributed by atoms with Crippen LogP contribution in [0.3, 0.4) is 0 Å². The topological polar surface area (TPSA) is 54.4 Å². The van der Waals surface area contributed by atoms with Gasteiger partial charge in [-0.1, -0.05) is 122 Å². The van der Waals surface area contributed by atoms with Crippen LogP contribution in [0.4, 0.5) is 0 Å². The molecule has 3 nitrogen and oxygen atoms in total. The molecule has 2 aromatic carbocycles. The van der Waals surface area contributed by atoms with E-state index in [1.54, 1.807) is 0 Å². The number of hydrogen-bond donors (Lipinski definition) is 1. The van der Waals surface area contributed by atoms with Crippen molar-refractivity contribution in [1.82, 2.24) is 0 Å². The van der Waals surface area contributed by atoms with Crippen LogP contribution in [0.2, 0.25) is 0 Å². The second kappa shape index (κ2) is 16.4. The number of fused-ring (bicyclic) bond motifs is 1. The van der Waals surface area contributed by atoms with Gasteiger partial charge in [0.05, 0.1) is 0 Å². The van der Waals surface area contributed by atoms with Crippen LogP contribution in [0.5, 0.6) is 0 Å². The molecule has 0 amide bonds. The largest absolute Gasteiger partial charge is 0.295 e. The number of hydrogen-bond acceptors (Lipinski definition) is 2. The van der Waals surface area contributed by atoms with Crippen molar-refractivity contribution in [1.29, 1.82) is 0 Å². The average molecular weight is 503 g/mol. The Hall–Kier alpha value is -1.39. The molecular formula is C31H50O3S. The highest BCUT2D eigenvalue weighted by molar-refractivity contribution is 7.86. The Kier molecular flexibility index (Phi) is 14.0. The van der Waals surface area contributed by atoms with Crippen LogP contribution in [-0.4, -0.2) is 13.0 Å². The Morgan fingerprint density at radius 3 is 1.40 bits per heavy atom. The van der Waals surface area contributed by atoms with Crippen molar-refractivity contribution in [2.75, 3.05) is 0 Å². The molecular weight excluding hydrogens is 452 g/mol. The van der Waals surface area contributed by atoms with Gasteiger partial charge >= 0.3 is 0 Å². The van der Waals surface area contributed by atoms with Gasteiger partial charge in [-0.3, -0.25) is 4.55 Å². The van der Waals surface area contributed by atoms with Crippen LogP contribution in [0.1, 0.15) is 134 Å². The van der Waals surface area contributed by atoms with Gasteiger partial charge in [-0.05, 0) is 60.6 Å². The predicted octanol–water partition coefficient (Wildman–Crippen LogP) is 9.63. The molecule has 0 saturated carbocycles. The predicted molar refractivity (Wildman–Crippen MR) is 151 cm³/mol. The summed E-state index contributed by atoms with van der Waals surface area (Å²) in [6.07, 6.45) is 20.4. The molecule has 198 valence electrons. The van der Waals surface area contributed by atoms with E-state index in [0.717, 1.165) is 55.9 Å². The van der Waals surface area contributed by atoms with Gasteiger partial charge in [0.1, 0.15) is 4.90 Å². The first-order chi connectivity index (χ1) is 17.0. The third-order valence-corrected chi connectivity index (χ3v) is 8.33. The normalized spacial score (nSPS) is 12.0. The highest BCUT2D eigenvalue weighted by Gasteiger charge is 2.25. The number of rotatable bonds is 19. The molecule has 0 saturated heterocycles. The molecule has 0 aliphatic rings. The van der Waals surface area contributed by atoms with E-state index in [-0.39, 0.29) is 4.90 Å². The van der Waals surface area contributed by atoms with E-state index in [0.29, 0.717) is 5.39 Å². The SMILES string of the molecule is CCCCCCCc1c(CCCCCCC)c(S(=O)(=O)O)c2ccccc2c1CCCCCCC. The lowest BCUT2D eigenvalue weighted by molar-refractivity contribution is 0.482. The Morgan fingerprint density at radius 1 is 0.543 bits per heavy atom. The second-order valence-electron chi connectivity index (χ2n) is 10.3. The van der Waals surface area contributed by atoms with Gasteiger partial charge in [-0.25, -0.2) is 0 Å². The lowest BCUT2D eigenvalue weighted by Crippen LogP contribution is -2.12. The van der Waals surface area contributed by atoms with Crippen molar-refractivity contribution in [3.05, 3.63) is 41.0 Å². The van der Waals surface area contributed by atoms with E-state index in [1.165, 1.54) is 81.8 Å². The van der Waals surface area contributed by atoms with Gasteiger partial charge < -0.3 is 0 Å². The van der Waals surface area contributed by atoms with Crippen molar-refractivity contribution >= 4 is 20.9 Å². The summed E-state index contributed by atoms with van der Waals surface area (Å²) < 4.78 is 35.9. The average Bonchev–Trinajstić information content (AvgIpc) is 2.83. The molecule has 0 bridgehead atoms. The number of aryl methyl sites for hydroxylation is 1. The summed E-state index contributed by atoms with van der Waals surface area (Å²) in [5.41, 5.74) is 3.46. The Morgan fingerprint density at radius 2 is 0.943 bits per heavy atom. The molecule has 1 N–H and O–H groups in total. The third kappa shape index (κ3) is 9.53. The minimum Gasteiger partial charge on any atom is -0.282 e. The molecule has 4 heteroatoms. The van der Waals surface area contributed by atoms with Crippen molar-refractivity contribution < 1.29 is 13.0 Å². The zero-order valence-corrected chi connectivity index (χ0v) is 23.5. The molecule has 0 aliphatic carbocycles. The molecule has 0 radical (unpaired) electrons. The standard InChI is InChI=1S/C31H50O3S/c1-4-7-10-13-16-21-26-27(22-17-14-11-8-5-2)29(24-18-15-12-9-6-3)31(35(32,33)34)30-25-20-19-23-28(26)30/h19-20,23,25H,4-18,21-22,24H2,1-3H3,(H,32,33,34). The summed E-state index contributed by atoms with van der Waals surface area (Å²) >= 11 is 0. The molecule has 0 atom stereocenters. The van der Waals surface area contributed by atoms with Gasteiger partial charge in [-0.15, -0.1) is 0 Å². The fourth-order valence-electron chi connectivity index (χ4n) is 5.45. The van der Waals surface area contributed by atoms with E-state index < -0.39 is 10.1 Å².